The number of aliphatic hydroxyl groups excluding tert-OH is 1. The molecule has 2 aromatic rings. The molecule has 0 aliphatic carbocycles. The van der Waals surface area contributed by atoms with Gasteiger partial charge in [0.2, 0.25) is 5.78 Å². The maximum absolute atomic E-state index is 11.5. The molecule has 1 N–H and O–H groups in total. The highest BCUT2D eigenvalue weighted by atomic mass is 16.8. The molecule has 0 aromatic carbocycles. The third-order valence-corrected chi connectivity index (χ3v) is 3.87. The van der Waals surface area contributed by atoms with Gasteiger partial charge in [0.1, 0.15) is 24.6 Å². The number of rotatable bonds is 2. The average Bonchev–Trinajstić information content (AvgIpc) is 3.09. The third kappa shape index (κ3) is 1.97. The highest BCUT2D eigenvalue weighted by Gasteiger charge is 2.56. The van der Waals surface area contributed by atoms with Crippen molar-refractivity contribution >= 4 is 5.78 Å². The predicted octanol–water partition coefficient (Wildman–Crippen LogP) is -0.699. The summed E-state index contributed by atoms with van der Waals surface area (Å²) < 4.78 is 20.6. The lowest BCUT2D eigenvalue weighted by atomic mass is 10.1. The van der Waals surface area contributed by atoms with Crippen LogP contribution in [0.5, 0.6) is 0 Å². The fourth-order valence-corrected chi connectivity index (χ4v) is 3.01. The van der Waals surface area contributed by atoms with E-state index in [2.05, 4.69) is 10.1 Å². The topological polar surface area (TPSA) is 100 Å². The summed E-state index contributed by atoms with van der Waals surface area (Å²) in [5.74, 6) is -0.416. The number of hydrogen-bond donors (Lipinski definition) is 1. The van der Waals surface area contributed by atoms with Gasteiger partial charge in [0, 0.05) is 12.3 Å². The molecule has 2 aliphatic rings. The van der Waals surface area contributed by atoms with Gasteiger partial charge in [-0.3, -0.25) is 9.20 Å². The van der Waals surface area contributed by atoms with Gasteiger partial charge in [-0.05, 0) is 13.8 Å². The number of aromatic nitrogens is 4. The Balaban J connectivity index is 1.78. The van der Waals surface area contributed by atoms with Crippen molar-refractivity contribution in [1.29, 1.82) is 0 Å². The van der Waals surface area contributed by atoms with Gasteiger partial charge in [-0.1, -0.05) is 0 Å². The van der Waals surface area contributed by atoms with Crippen molar-refractivity contribution in [3.63, 3.8) is 0 Å². The molecule has 9 nitrogen and oxygen atoms in total. The fraction of sp³-hybridized carbons (Fsp3) is 0.615. The summed E-state index contributed by atoms with van der Waals surface area (Å²) in [7, 11) is 0. The Kier molecular flexibility index (Phi) is 2.89. The van der Waals surface area contributed by atoms with E-state index >= 15 is 0 Å². The second-order valence-corrected chi connectivity index (χ2v) is 5.86. The van der Waals surface area contributed by atoms with Gasteiger partial charge in [-0.25, -0.2) is 0 Å². The molecule has 4 heterocycles. The second-order valence-electron chi connectivity index (χ2n) is 5.86. The van der Waals surface area contributed by atoms with Crippen LogP contribution in [0, 0.1) is 0 Å². The monoisotopic (exact) mass is 308 g/mol. The minimum absolute atomic E-state index is 0.191. The van der Waals surface area contributed by atoms with Gasteiger partial charge >= 0.3 is 0 Å². The lowest BCUT2D eigenvalue weighted by molar-refractivity contribution is -0.201. The number of hydrogen-bond acceptors (Lipinski definition) is 7. The van der Waals surface area contributed by atoms with Gasteiger partial charge in [0.05, 0.1) is 6.61 Å². The molecule has 0 radical (unpaired) electrons. The second kappa shape index (κ2) is 4.59. The lowest BCUT2D eigenvalue weighted by Gasteiger charge is -2.23. The summed E-state index contributed by atoms with van der Waals surface area (Å²) in [5.41, 5.74) is -0.362. The van der Waals surface area contributed by atoms with E-state index in [1.54, 1.807) is 24.4 Å². The average molecular weight is 308 g/mol. The number of aliphatic hydroxyl groups is 1. The van der Waals surface area contributed by atoms with E-state index in [9.17, 15) is 9.90 Å². The van der Waals surface area contributed by atoms with E-state index in [4.69, 9.17) is 14.2 Å². The Morgan fingerprint density at radius 1 is 1.36 bits per heavy atom. The van der Waals surface area contributed by atoms with Gasteiger partial charge < -0.3 is 19.3 Å². The normalized spacial score (nSPS) is 33.4. The summed E-state index contributed by atoms with van der Waals surface area (Å²) >= 11 is 0. The van der Waals surface area contributed by atoms with E-state index in [-0.39, 0.29) is 12.2 Å². The molecule has 0 amide bonds. The van der Waals surface area contributed by atoms with Crippen molar-refractivity contribution in [3.8, 4) is 0 Å². The van der Waals surface area contributed by atoms with E-state index < -0.39 is 30.3 Å². The predicted molar refractivity (Wildman–Crippen MR) is 72.1 cm³/mol. The van der Waals surface area contributed by atoms with Crippen LogP contribution >= 0.6 is 0 Å². The molecule has 22 heavy (non-hydrogen) atoms. The van der Waals surface area contributed by atoms with Crippen LogP contribution in [0.3, 0.4) is 0 Å². The zero-order valence-corrected chi connectivity index (χ0v) is 12.1. The van der Waals surface area contributed by atoms with E-state index in [1.165, 1.54) is 17.1 Å². The quantitative estimate of drug-likeness (QED) is 0.783. The first kappa shape index (κ1) is 13.8. The number of fused-ring (bicyclic) bond motifs is 2. The molecular weight excluding hydrogens is 292 g/mol. The Labute approximate surface area is 125 Å². The van der Waals surface area contributed by atoms with Crippen LogP contribution in [0.25, 0.3) is 5.78 Å². The van der Waals surface area contributed by atoms with Crippen molar-refractivity contribution < 1.29 is 19.3 Å². The zero-order valence-electron chi connectivity index (χ0n) is 12.1. The highest BCUT2D eigenvalue weighted by molar-refractivity contribution is 5.27. The first-order valence-electron chi connectivity index (χ1n) is 7.03. The fourth-order valence-electron chi connectivity index (χ4n) is 3.01. The molecule has 9 heteroatoms. The summed E-state index contributed by atoms with van der Waals surface area (Å²) in [6.07, 6.45) is 1.14. The molecule has 4 rings (SSSR count). The minimum atomic E-state index is -0.766. The molecule has 0 spiro atoms. The Morgan fingerprint density at radius 3 is 2.91 bits per heavy atom. The van der Waals surface area contributed by atoms with Crippen molar-refractivity contribution in [2.75, 3.05) is 6.61 Å². The first-order chi connectivity index (χ1) is 10.5. The lowest BCUT2D eigenvalue weighted by Crippen LogP contribution is -2.31. The van der Waals surface area contributed by atoms with E-state index in [0.29, 0.717) is 5.78 Å². The molecule has 2 saturated heterocycles. The van der Waals surface area contributed by atoms with Gasteiger partial charge in [-0.15, -0.1) is 0 Å². The summed E-state index contributed by atoms with van der Waals surface area (Å²) in [4.78, 5) is 15.4. The first-order valence-corrected chi connectivity index (χ1v) is 7.03. The maximum Gasteiger partial charge on any atom is 0.274 e. The van der Waals surface area contributed by atoms with Crippen molar-refractivity contribution in [1.82, 2.24) is 19.2 Å². The Morgan fingerprint density at radius 2 is 2.14 bits per heavy atom. The van der Waals surface area contributed by atoms with Crippen LogP contribution < -0.4 is 5.56 Å². The van der Waals surface area contributed by atoms with Crippen LogP contribution in [-0.4, -0.2) is 55.0 Å². The Hall–Kier alpha value is -1.81. The molecule has 2 aliphatic heterocycles. The molecule has 0 bridgehead atoms. The van der Waals surface area contributed by atoms with Crippen LogP contribution in [0.15, 0.2) is 23.4 Å². The van der Waals surface area contributed by atoms with Crippen LogP contribution in [-0.2, 0) is 14.2 Å². The largest absolute Gasteiger partial charge is 0.394 e. The summed E-state index contributed by atoms with van der Waals surface area (Å²) in [6, 6.07) is 1.35. The minimum Gasteiger partial charge on any atom is -0.394 e. The Bertz CT molecular complexity index is 769. The molecule has 118 valence electrons. The zero-order chi connectivity index (χ0) is 15.5. The number of ether oxygens (including phenoxy) is 3. The van der Waals surface area contributed by atoms with Gasteiger partial charge in [0.25, 0.3) is 5.56 Å². The van der Waals surface area contributed by atoms with Crippen molar-refractivity contribution in [2.24, 2.45) is 0 Å². The molecule has 4 atom stereocenters. The smallest absolute Gasteiger partial charge is 0.274 e. The van der Waals surface area contributed by atoms with Crippen LogP contribution in [0.4, 0.5) is 0 Å². The van der Waals surface area contributed by atoms with E-state index in [1.807, 2.05) is 0 Å². The van der Waals surface area contributed by atoms with E-state index in [0.717, 1.165) is 0 Å². The molecule has 0 saturated carbocycles. The summed E-state index contributed by atoms with van der Waals surface area (Å²) in [5, 5.41) is 13.7. The van der Waals surface area contributed by atoms with Gasteiger partial charge in [0.15, 0.2) is 12.0 Å². The molecule has 2 aromatic heterocycles. The standard InChI is InChI=1S/C13H16N4O5/c1-13(2)21-9-7(5-18)20-11(10(9)22-13)17-12-15-8(19)3-4-16(12)6-14-17/h3-4,6-7,9-11,18H,5H2,1-2H3/t7?,9?,10?,11-/m1/s1. The third-order valence-electron chi connectivity index (χ3n) is 3.87. The highest BCUT2D eigenvalue weighted by Crippen LogP contribution is 2.42. The van der Waals surface area contributed by atoms with Gasteiger partial charge in [-0.2, -0.15) is 14.8 Å². The van der Waals surface area contributed by atoms with Crippen LogP contribution in [0.1, 0.15) is 20.1 Å². The number of nitrogens with zero attached hydrogens (tertiary/aromatic N) is 4. The van der Waals surface area contributed by atoms with Crippen molar-refractivity contribution in [2.45, 2.75) is 44.2 Å². The molecule has 2 fully saturated rings. The molecular formula is C13H16N4O5. The summed E-state index contributed by atoms with van der Waals surface area (Å²) in [6.45, 7) is 3.42. The molecule has 3 unspecified atom stereocenters. The van der Waals surface area contributed by atoms with Crippen molar-refractivity contribution in [3.05, 3.63) is 28.9 Å². The SMILES string of the molecule is CC1(C)OC2C(CO)O[C@@H](n3ncn4ccc(=O)nc34)C2O1. The maximum atomic E-state index is 11.5. The van der Waals surface area contributed by atoms with Crippen LogP contribution in [0.2, 0.25) is 0 Å².